The number of nitrogen functional groups attached to an aromatic ring is 1. The third-order valence-electron chi connectivity index (χ3n) is 4.29. The van der Waals surface area contributed by atoms with Crippen molar-refractivity contribution in [3.63, 3.8) is 0 Å². The van der Waals surface area contributed by atoms with Gasteiger partial charge in [0.15, 0.2) is 0 Å². The van der Waals surface area contributed by atoms with Crippen molar-refractivity contribution in [1.29, 1.82) is 0 Å². The van der Waals surface area contributed by atoms with Gasteiger partial charge in [0.1, 0.15) is 11.4 Å². The van der Waals surface area contributed by atoms with E-state index in [9.17, 15) is 4.79 Å². The normalized spacial score (nSPS) is 17.2. The van der Waals surface area contributed by atoms with Crippen LogP contribution in [0.25, 0.3) is 0 Å². The van der Waals surface area contributed by atoms with Crippen LogP contribution in [0.2, 0.25) is 0 Å². The number of nitrogens with one attached hydrogen (secondary N) is 1. The number of nitrogens with zero attached hydrogens (tertiary/aromatic N) is 1. The van der Waals surface area contributed by atoms with Crippen LogP contribution in [0.5, 0.6) is 0 Å². The lowest BCUT2D eigenvalue weighted by molar-refractivity contribution is 0.0601. The molecule has 0 saturated heterocycles. The fourth-order valence-corrected chi connectivity index (χ4v) is 3.13. The van der Waals surface area contributed by atoms with Crippen molar-refractivity contribution >= 4 is 17.5 Å². The number of hydrogen-bond acceptors (Lipinski definition) is 5. The summed E-state index contributed by atoms with van der Waals surface area (Å²) in [5, 5.41) is 3.44. The number of carbonyl (C=O) groups excluding carboxylic acids is 1. The molecule has 0 radical (unpaired) electrons. The van der Waals surface area contributed by atoms with Gasteiger partial charge in [-0.05, 0) is 31.2 Å². The topological polar surface area (TPSA) is 77.2 Å². The third kappa shape index (κ3) is 3.86. The molecule has 5 nitrogen and oxygen atoms in total. The lowest BCUT2D eigenvalue weighted by Crippen LogP contribution is -2.31. The van der Waals surface area contributed by atoms with E-state index in [0.29, 0.717) is 29.0 Å². The molecule has 0 spiro atoms. The van der Waals surface area contributed by atoms with E-state index in [0.717, 1.165) is 6.42 Å². The second kappa shape index (κ2) is 7.29. The quantitative estimate of drug-likeness (QED) is 0.814. The lowest BCUT2D eigenvalue weighted by atomic mass is 9.83. The number of aromatic nitrogens is 1. The highest BCUT2D eigenvalue weighted by molar-refractivity contribution is 5.95. The largest absolute Gasteiger partial charge is 0.465 e. The van der Waals surface area contributed by atoms with Gasteiger partial charge in [0, 0.05) is 6.04 Å². The third-order valence-corrected chi connectivity index (χ3v) is 4.29. The number of rotatable bonds is 5. The van der Waals surface area contributed by atoms with Gasteiger partial charge in [0.05, 0.1) is 19.0 Å². The van der Waals surface area contributed by atoms with Gasteiger partial charge in [-0.2, -0.15) is 0 Å². The highest BCUT2D eigenvalue weighted by Crippen LogP contribution is 2.30. The highest BCUT2D eigenvalue weighted by Gasteiger charge is 2.24. The molecular weight excluding hydrogens is 266 g/mol. The second-order valence-corrected chi connectivity index (χ2v) is 5.71. The summed E-state index contributed by atoms with van der Waals surface area (Å²) in [6, 6.07) is 1.96. The van der Waals surface area contributed by atoms with Crippen LogP contribution in [-0.2, 0) is 4.74 Å². The first-order chi connectivity index (χ1) is 10.2. The lowest BCUT2D eigenvalue weighted by Gasteiger charge is -2.31. The summed E-state index contributed by atoms with van der Waals surface area (Å²) in [4.78, 5) is 16.2. The Hall–Kier alpha value is -1.78. The Morgan fingerprint density at radius 2 is 2.19 bits per heavy atom. The van der Waals surface area contributed by atoms with Gasteiger partial charge in [0.2, 0.25) is 0 Å². The first-order valence-electron chi connectivity index (χ1n) is 7.76. The zero-order valence-corrected chi connectivity index (χ0v) is 12.9. The fourth-order valence-electron chi connectivity index (χ4n) is 3.13. The monoisotopic (exact) mass is 291 g/mol. The SMILES string of the molecule is CCC(Nc1ncc(N)cc1C(=O)OC)C1CCCCC1. The van der Waals surface area contributed by atoms with E-state index < -0.39 is 5.97 Å². The van der Waals surface area contributed by atoms with Crippen LogP contribution < -0.4 is 11.1 Å². The predicted molar refractivity (Wildman–Crippen MR) is 84.3 cm³/mol. The van der Waals surface area contributed by atoms with Crippen LogP contribution in [0.3, 0.4) is 0 Å². The van der Waals surface area contributed by atoms with E-state index in [2.05, 4.69) is 17.2 Å². The Morgan fingerprint density at radius 3 is 2.81 bits per heavy atom. The summed E-state index contributed by atoms with van der Waals surface area (Å²) in [6.07, 6.45) is 8.99. The van der Waals surface area contributed by atoms with Gasteiger partial charge >= 0.3 is 5.97 Å². The molecule has 5 heteroatoms. The molecule has 1 aromatic rings. The van der Waals surface area contributed by atoms with Crippen molar-refractivity contribution in [1.82, 2.24) is 4.98 Å². The van der Waals surface area contributed by atoms with Crippen LogP contribution in [0.4, 0.5) is 11.5 Å². The zero-order chi connectivity index (χ0) is 15.2. The molecule has 2 rings (SSSR count). The van der Waals surface area contributed by atoms with E-state index in [1.165, 1.54) is 39.2 Å². The molecule has 0 amide bonds. The molecule has 1 aromatic heterocycles. The van der Waals surface area contributed by atoms with Crippen LogP contribution in [0, 0.1) is 5.92 Å². The van der Waals surface area contributed by atoms with Crippen LogP contribution in [0.1, 0.15) is 55.8 Å². The van der Waals surface area contributed by atoms with E-state index in [4.69, 9.17) is 10.5 Å². The Kier molecular flexibility index (Phi) is 5.42. The smallest absolute Gasteiger partial charge is 0.341 e. The molecule has 3 N–H and O–H groups in total. The van der Waals surface area contributed by atoms with Gasteiger partial charge in [-0.15, -0.1) is 0 Å². The number of pyridine rings is 1. The number of nitrogens with two attached hydrogens (primary N) is 1. The van der Waals surface area contributed by atoms with Crippen molar-refractivity contribution in [2.24, 2.45) is 5.92 Å². The molecule has 0 aliphatic heterocycles. The van der Waals surface area contributed by atoms with Gasteiger partial charge in [0.25, 0.3) is 0 Å². The van der Waals surface area contributed by atoms with Crippen LogP contribution >= 0.6 is 0 Å². The van der Waals surface area contributed by atoms with Crippen molar-refractivity contribution in [3.8, 4) is 0 Å². The highest BCUT2D eigenvalue weighted by atomic mass is 16.5. The molecule has 1 heterocycles. The van der Waals surface area contributed by atoms with Crippen molar-refractivity contribution < 1.29 is 9.53 Å². The molecule has 1 fully saturated rings. The van der Waals surface area contributed by atoms with E-state index >= 15 is 0 Å². The number of esters is 1. The Balaban J connectivity index is 2.18. The molecule has 1 aliphatic rings. The van der Waals surface area contributed by atoms with Gasteiger partial charge in [-0.3, -0.25) is 0 Å². The first-order valence-corrected chi connectivity index (χ1v) is 7.76. The minimum atomic E-state index is -0.407. The number of methoxy groups -OCH3 is 1. The molecule has 0 bridgehead atoms. The molecular formula is C16H25N3O2. The Bertz CT molecular complexity index is 484. The molecule has 116 valence electrons. The summed E-state index contributed by atoms with van der Waals surface area (Å²) in [5.74, 6) is 0.817. The average molecular weight is 291 g/mol. The minimum absolute atomic E-state index is 0.338. The Labute approximate surface area is 126 Å². The number of ether oxygens (including phenoxy) is 1. The van der Waals surface area contributed by atoms with Crippen LogP contribution in [0.15, 0.2) is 12.3 Å². The summed E-state index contributed by atoms with van der Waals surface area (Å²) in [7, 11) is 1.37. The van der Waals surface area contributed by atoms with E-state index in [1.807, 2.05) is 0 Å². The fraction of sp³-hybridized carbons (Fsp3) is 0.625. The van der Waals surface area contributed by atoms with Crippen LogP contribution in [-0.4, -0.2) is 24.1 Å². The maximum Gasteiger partial charge on any atom is 0.341 e. The van der Waals surface area contributed by atoms with Gasteiger partial charge < -0.3 is 15.8 Å². The molecule has 1 saturated carbocycles. The summed E-state index contributed by atoms with van der Waals surface area (Å²) < 4.78 is 4.82. The van der Waals surface area contributed by atoms with Gasteiger partial charge in [-0.1, -0.05) is 26.2 Å². The van der Waals surface area contributed by atoms with Gasteiger partial charge in [-0.25, -0.2) is 9.78 Å². The standard InChI is InChI=1S/C16H25N3O2/c1-3-14(11-7-5-4-6-8-11)19-15-13(16(20)21-2)9-12(17)10-18-15/h9-11,14H,3-8,17H2,1-2H3,(H,18,19). The summed E-state index contributed by atoms with van der Waals surface area (Å²) in [6.45, 7) is 2.17. The molecule has 0 aromatic carbocycles. The summed E-state index contributed by atoms with van der Waals surface area (Å²) in [5.41, 5.74) is 6.60. The average Bonchev–Trinajstić information content (AvgIpc) is 2.53. The van der Waals surface area contributed by atoms with Crippen molar-refractivity contribution in [3.05, 3.63) is 17.8 Å². The number of hydrogen-bond donors (Lipinski definition) is 2. The summed E-state index contributed by atoms with van der Waals surface area (Å²) >= 11 is 0. The second-order valence-electron chi connectivity index (χ2n) is 5.71. The maximum atomic E-state index is 11.9. The molecule has 1 aliphatic carbocycles. The van der Waals surface area contributed by atoms with E-state index in [-0.39, 0.29) is 0 Å². The molecule has 1 atom stereocenters. The predicted octanol–water partition coefficient (Wildman–Crippen LogP) is 3.22. The maximum absolute atomic E-state index is 11.9. The minimum Gasteiger partial charge on any atom is -0.465 e. The Morgan fingerprint density at radius 1 is 1.48 bits per heavy atom. The molecule has 21 heavy (non-hydrogen) atoms. The van der Waals surface area contributed by atoms with Crippen molar-refractivity contribution in [2.75, 3.05) is 18.2 Å². The van der Waals surface area contributed by atoms with E-state index in [1.54, 1.807) is 12.3 Å². The first kappa shape index (κ1) is 15.6. The number of anilines is 2. The van der Waals surface area contributed by atoms with Crippen molar-refractivity contribution in [2.45, 2.75) is 51.5 Å². The molecule has 1 unspecified atom stereocenters. The number of carbonyl (C=O) groups is 1. The zero-order valence-electron chi connectivity index (χ0n) is 12.9.